The van der Waals surface area contributed by atoms with Crippen LogP contribution in [0.2, 0.25) is 0 Å². The van der Waals surface area contributed by atoms with Crippen LogP contribution in [0.5, 0.6) is 0 Å². The summed E-state index contributed by atoms with van der Waals surface area (Å²) in [6.07, 6.45) is -5.69. The van der Waals surface area contributed by atoms with Gasteiger partial charge < -0.3 is 4.74 Å². The number of hydrogen-bond acceptors (Lipinski definition) is 3. The molecular weight excluding hydrogens is 366 g/mol. The van der Waals surface area contributed by atoms with Crippen molar-refractivity contribution in [2.24, 2.45) is 0 Å². The number of rotatable bonds is 4. The second-order valence-corrected chi connectivity index (χ2v) is 6.16. The number of carbonyl (C=O) groups excluding carboxylic acids is 2. The van der Waals surface area contributed by atoms with Crippen LogP contribution < -0.4 is 0 Å². The molecule has 0 unspecified atom stereocenters. The van der Waals surface area contributed by atoms with Crippen LogP contribution in [0.25, 0.3) is 0 Å². The van der Waals surface area contributed by atoms with Gasteiger partial charge in [-0.25, -0.2) is 14.1 Å². The number of nitrogens with zero attached hydrogens (tertiary/aromatic N) is 1. The molecule has 0 aromatic heterocycles. The highest BCUT2D eigenvalue weighted by molar-refractivity contribution is 5.94. The third-order valence-corrected chi connectivity index (χ3v) is 4.27. The average molecular weight is 381 g/mol. The number of cyclic esters (lactones) is 1. The number of imide groups is 1. The number of alkyl halides is 3. The summed E-state index contributed by atoms with van der Waals surface area (Å²) in [6, 6.07) is 10.5. The molecule has 1 saturated heterocycles. The van der Waals surface area contributed by atoms with Crippen molar-refractivity contribution in [3.8, 4) is 0 Å². The van der Waals surface area contributed by atoms with E-state index in [9.17, 15) is 27.2 Å². The minimum absolute atomic E-state index is 0.00889. The molecule has 1 atom stereocenters. The molecule has 2 amide bonds. The zero-order valence-electron chi connectivity index (χ0n) is 14.0. The molecule has 0 spiro atoms. The van der Waals surface area contributed by atoms with Gasteiger partial charge >= 0.3 is 12.3 Å². The van der Waals surface area contributed by atoms with Crippen LogP contribution in [0.1, 0.15) is 16.7 Å². The fourth-order valence-corrected chi connectivity index (χ4v) is 2.92. The lowest BCUT2D eigenvalue weighted by molar-refractivity contribution is -0.137. The predicted molar refractivity (Wildman–Crippen MR) is 87.2 cm³/mol. The lowest BCUT2D eigenvalue weighted by atomic mass is 10.0. The van der Waals surface area contributed by atoms with Gasteiger partial charge in [0.1, 0.15) is 12.4 Å². The average Bonchev–Trinajstić information content (AvgIpc) is 2.97. The maximum Gasteiger partial charge on any atom is 0.416 e. The Morgan fingerprint density at radius 1 is 1.15 bits per heavy atom. The van der Waals surface area contributed by atoms with Crippen molar-refractivity contribution in [3.05, 3.63) is 71.0 Å². The second kappa shape index (κ2) is 7.38. The van der Waals surface area contributed by atoms with Gasteiger partial charge in [0.05, 0.1) is 18.0 Å². The first-order valence-electron chi connectivity index (χ1n) is 8.14. The van der Waals surface area contributed by atoms with E-state index in [1.54, 1.807) is 0 Å². The Bertz CT molecular complexity index is 852. The summed E-state index contributed by atoms with van der Waals surface area (Å²) in [6.45, 7) is 0.00889. The van der Waals surface area contributed by atoms with Gasteiger partial charge in [-0.2, -0.15) is 13.2 Å². The Hall–Kier alpha value is -2.90. The Balaban J connectivity index is 1.75. The number of hydrogen-bond donors (Lipinski definition) is 0. The molecule has 1 aliphatic rings. The molecule has 0 N–H and O–H groups in total. The number of benzene rings is 2. The van der Waals surface area contributed by atoms with E-state index in [2.05, 4.69) is 0 Å². The van der Waals surface area contributed by atoms with E-state index >= 15 is 0 Å². The van der Waals surface area contributed by atoms with Crippen LogP contribution in [0, 0.1) is 5.82 Å². The lowest BCUT2D eigenvalue weighted by Crippen LogP contribution is -2.41. The smallest absolute Gasteiger partial charge is 0.416 e. The van der Waals surface area contributed by atoms with Crippen molar-refractivity contribution in [2.75, 3.05) is 6.61 Å². The highest BCUT2D eigenvalue weighted by atomic mass is 19.4. The van der Waals surface area contributed by atoms with Gasteiger partial charge in [0.15, 0.2) is 0 Å². The fourth-order valence-electron chi connectivity index (χ4n) is 2.92. The Morgan fingerprint density at radius 3 is 2.48 bits per heavy atom. The van der Waals surface area contributed by atoms with Crippen molar-refractivity contribution in [1.82, 2.24) is 4.90 Å². The first kappa shape index (κ1) is 18.9. The molecule has 3 rings (SSSR count). The topological polar surface area (TPSA) is 46.6 Å². The van der Waals surface area contributed by atoms with Gasteiger partial charge in [-0.1, -0.05) is 36.4 Å². The minimum Gasteiger partial charge on any atom is -0.447 e. The van der Waals surface area contributed by atoms with Crippen LogP contribution >= 0.6 is 0 Å². The van der Waals surface area contributed by atoms with Crippen molar-refractivity contribution in [3.63, 3.8) is 0 Å². The molecule has 2 aromatic carbocycles. The Kier molecular flexibility index (Phi) is 5.16. The maximum absolute atomic E-state index is 14.0. The third-order valence-electron chi connectivity index (χ3n) is 4.27. The SMILES string of the molecule is O=C(Cc1ccc(C(F)(F)F)cc1F)N1C(=O)OC[C@H]1Cc1ccccc1. The summed E-state index contributed by atoms with van der Waals surface area (Å²) < 4.78 is 56.8. The molecule has 27 heavy (non-hydrogen) atoms. The zero-order valence-corrected chi connectivity index (χ0v) is 14.0. The van der Waals surface area contributed by atoms with Crippen LogP contribution in [-0.2, 0) is 28.5 Å². The molecule has 1 aliphatic heterocycles. The maximum atomic E-state index is 14.0. The molecule has 142 valence electrons. The van der Waals surface area contributed by atoms with Gasteiger partial charge in [0.25, 0.3) is 0 Å². The van der Waals surface area contributed by atoms with Gasteiger partial charge in [-0.3, -0.25) is 4.79 Å². The molecule has 1 fully saturated rings. The quantitative estimate of drug-likeness (QED) is 0.753. The second-order valence-electron chi connectivity index (χ2n) is 6.16. The van der Waals surface area contributed by atoms with Gasteiger partial charge in [-0.15, -0.1) is 0 Å². The zero-order chi connectivity index (χ0) is 19.6. The summed E-state index contributed by atoms with van der Waals surface area (Å²) in [5, 5.41) is 0. The van der Waals surface area contributed by atoms with Crippen molar-refractivity contribution in [2.45, 2.75) is 25.1 Å². The van der Waals surface area contributed by atoms with Crippen LogP contribution in [-0.4, -0.2) is 29.5 Å². The van der Waals surface area contributed by atoms with Gasteiger partial charge in [0.2, 0.25) is 5.91 Å². The standard InChI is InChI=1S/C19H15F4NO3/c20-16-10-14(19(21,22)23)7-6-13(16)9-17(25)24-15(11-27-18(24)26)8-12-4-2-1-3-5-12/h1-7,10,15H,8-9,11H2/t15-/m1/s1. The van der Waals surface area contributed by atoms with E-state index in [1.165, 1.54) is 0 Å². The van der Waals surface area contributed by atoms with Crippen LogP contribution in [0.4, 0.5) is 22.4 Å². The summed E-state index contributed by atoms with van der Waals surface area (Å²) in [7, 11) is 0. The summed E-state index contributed by atoms with van der Waals surface area (Å²) in [5.41, 5.74) is -0.468. The Labute approximate surface area is 152 Å². The van der Waals surface area contributed by atoms with E-state index in [-0.39, 0.29) is 12.2 Å². The normalized spacial score (nSPS) is 17.1. The lowest BCUT2D eigenvalue weighted by Gasteiger charge is -2.20. The van der Waals surface area contributed by atoms with E-state index < -0.39 is 42.0 Å². The predicted octanol–water partition coefficient (Wildman–Crippen LogP) is 3.98. The molecule has 0 aliphatic carbocycles. The molecule has 2 aromatic rings. The molecule has 0 radical (unpaired) electrons. The minimum atomic E-state index is -4.68. The summed E-state index contributed by atoms with van der Waals surface area (Å²) >= 11 is 0. The van der Waals surface area contributed by atoms with Crippen molar-refractivity contribution >= 4 is 12.0 Å². The molecule has 0 saturated carbocycles. The first-order chi connectivity index (χ1) is 12.8. The van der Waals surface area contributed by atoms with Gasteiger partial charge in [0, 0.05) is 0 Å². The third kappa shape index (κ3) is 4.27. The van der Waals surface area contributed by atoms with Crippen LogP contribution in [0.3, 0.4) is 0 Å². The van der Waals surface area contributed by atoms with Crippen molar-refractivity contribution in [1.29, 1.82) is 0 Å². The fraction of sp³-hybridized carbons (Fsp3) is 0.263. The number of amides is 2. The number of ether oxygens (including phenoxy) is 1. The molecule has 8 heteroatoms. The summed E-state index contributed by atoms with van der Waals surface area (Å²) in [5.74, 6) is -1.87. The molecule has 4 nitrogen and oxygen atoms in total. The monoisotopic (exact) mass is 381 g/mol. The number of carbonyl (C=O) groups is 2. The molecule has 1 heterocycles. The van der Waals surface area contributed by atoms with E-state index in [1.807, 2.05) is 30.3 Å². The molecular formula is C19H15F4NO3. The van der Waals surface area contributed by atoms with Gasteiger partial charge in [-0.05, 0) is 29.7 Å². The highest BCUT2D eigenvalue weighted by Crippen LogP contribution is 2.30. The van der Waals surface area contributed by atoms with E-state index in [0.29, 0.717) is 18.6 Å². The van der Waals surface area contributed by atoms with Crippen molar-refractivity contribution < 1.29 is 31.9 Å². The van der Waals surface area contributed by atoms with E-state index in [0.717, 1.165) is 16.5 Å². The Morgan fingerprint density at radius 2 is 1.85 bits per heavy atom. The largest absolute Gasteiger partial charge is 0.447 e. The molecule has 0 bridgehead atoms. The highest BCUT2D eigenvalue weighted by Gasteiger charge is 2.38. The van der Waals surface area contributed by atoms with E-state index in [4.69, 9.17) is 4.74 Å². The first-order valence-corrected chi connectivity index (χ1v) is 8.14. The summed E-state index contributed by atoms with van der Waals surface area (Å²) in [4.78, 5) is 25.3. The number of halogens is 4. The van der Waals surface area contributed by atoms with Crippen LogP contribution in [0.15, 0.2) is 48.5 Å².